The number of hydrogen-bond acceptors (Lipinski definition) is 5. The highest BCUT2D eigenvalue weighted by atomic mass is 35.5. The van der Waals surface area contributed by atoms with Gasteiger partial charge in [-0.2, -0.15) is 0 Å². The van der Waals surface area contributed by atoms with Crippen molar-refractivity contribution < 1.29 is 15.0 Å². The second-order valence-electron chi connectivity index (χ2n) is 8.74. The van der Waals surface area contributed by atoms with E-state index in [1.807, 2.05) is 0 Å². The van der Waals surface area contributed by atoms with Gasteiger partial charge in [-0.1, -0.05) is 59.6 Å². The molecule has 6 nitrogen and oxygen atoms in total. The minimum Gasteiger partial charge on any atom is -0.372 e. The lowest BCUT2D eigenvalue weighted by atomic mass is 9.86. The number of benzene rings is 3. The normalized spacial score (nSPS) is 22.2. The molecule has 4 aromatic rings. The van der Waals surface area contributed by atoms with Crippen molar-refractivity contribution in [1.29, 1.82) is 0 Å². The van der Waals surface area contributed by atoms with Gasteiger partial charge in [0.05, 0.1) is 16.9 Å². The van der Waals surface area contributed by atoms with Gasteiger partial charge in [-0.15, -0.1) is 0 Å². The van der Waals surface area contributed by atoms with Crippen LogP contribution >= 0.6 is 23.2 Å². The smallest absolute Gasteiger partial charge is 0.264 e. The van der Waals surface area contributed by atoms with Crippen molar-refractivity contribution in [2.45, 2.75) is 18.2 Å². The Morgan fingerprint density at radius 1 is 0.800 bits per heavy atom. The fraction of sp³-hybridized carbons (Fsp3) is 0.111. The van der Waals surface area contributed by atoms with Crippen molar-refractivity contribution in [2.24, 2.45) is 0 Å². The molecule has 0 bridgehead atoms. The first-order chi connectivity index (χ1) is 16.7. The van der Waals surface area contributed by atoms with Crippen molar-refractivity contribution in [3.05, 3.63) is 122 Å². The lowest BCUT2D eigenvalue weighted by Crippen LogP contribution is -2.54. The summed E-state index contributed by atoms with van der Waals surface area (Å²) in [4.78, 5) is 29.2. The van der Waals surface area contributed by atoms with E-state index in [2.05, 4.69) is 0 Å². The minimum atomic E-state index is -2.56. The number of aromatic nitrogens is 1. The lowest BCUT2D eigenvalue weighted by molar-refractivity contribution is -0.113. The molecular formula is C27H18Cl2N2O4. The highest BCUT2D eigenvalue weighted by Crippen LogP contribution is 2.61. The minimum absolute atomic E-state index is 0.143. The van der Waals surface area contributed by atoms with Crippen LogP contribution in [-0.2, 0) is 11.3 Å². The maximum atomic E-state index is 14.1. The third-order valence-corrected chi connectivity index (χ3v) is 7.28. The molecule has 0 saturated heterocycles. The van der Waals surface area contributed by atoms with Crippen molar-refractivity contribution in [3.63, 3.8) is 0 Å². The van der Waals surface area contributed by atoms with Gasteiger partial charge in [0.2, 0.25) is 17.1 Å². The number of nitrogens with zero attached hydrogens (tertiary/aromatic N) is 2. The van der Waals surface area contributed by atoms with E-state index in [9.17, 15) is 19.8 Å². The molecule has 3 aromatic carbocycles. The molecule has 1 aliphatic carbocycles. The van der Waals surface area contributed by atoms with Gasteiger partial charge < -0.3 is 15.1 Å². The van der Waals surface area contributed by atoms with Crippen molar-refractivity contribution in [3.8, 4) is 5.69 Å². The van der Waals surface area contributed by atoms with Crippen LogP contribution < -0.4 is 10.5 Å². The predicted molar refractivity (Wildman–Crippen MR) is 134 cm³/mol. The number of anilines is 2. The highest BCUT2D eigenvalue weighted by Gasteiger charge is 2.72. The summed E-state index contributed by atoms with van der Waals surface area (Å²) in [6, 6.07) is 21.5. The van der Waals surface area contributed by atoms with Crippen LogP contribution in [0.2, 0.25) is 10.0 Å². The Morgan fingerprint density at radius 3 is 2.11 bits per heavy atom. The highest BCUT2D eigenvalue weighted by molar-refractivity contribution is 6.31. The Balaban J connectivity index is 1.75. The van der Waals surface area contributed by atoms with Gasteiger partial charge >= 0.3 is 0 Å². The first kappa shape index (κ1) is 22.1. The van der Waals surface area contributed by atoms with Crippen LogP contribution in [-0.4, -0.2) is 20.6 Å². The maximum Gasteiger partial charge on any atom is 0.264 e. The van der Waals surface area contributed by atoms with Crippen LogP contribution in [0.1, 0.15) is 27.2 Å². The summed E-state index contributed by atoms with van der Waals surface area (Å²) in [5.41, 5.74) is -3.69. The maximum absolute atomic E-state index is 14.1. The monoisotopic (exact) mass is 504 g/mol. The molecule has 0 saturated carbocycles. The van der Waals surface area contributed by atoms with E-state index in [1.54, 1.807) is 79.7 Å². The Hall–Kier alpha value is -3.42. The lowest BCUT2D eigenvalue weighted by Gasteiger charge is -2.38. The zero-order valence-corrected chi connectivity index (χ0v) is 19.9. The number of aliphatic hydroxyl groups is 2. The first-order valence-corrected chi connectivity index (χ1v) is 11.6. The fourth-order valence-electron chi connectivity index (χ4n) is 5.39. The largest absolute Gasteiger partial charge is 0.372 e. The molecule has 0 fully saturated rings. The molecule has 1 aliphatic heterocycles. The summed E-state index contributed by atoms with van der Waals surface area (Å²) in [5.74, 6) is -0.750. The summed E-state index contributed by atoms with van der Waals surface area (Å²) >= 11 is 12.4. The molecule has 0 amide bonds. The summed E-state index contributed by atoms with van der Waals surface area (Å²) in [5, 5.41) is 25.2. The van der Waals surface area contributed by atoms with E-state index >= 15 is 0 Å². The average Bonchev–Trinajstić information content (AvgIpc) is 3.13. The number of aryl methyl sites for hydroxylation is 1. The van der Waals surface area contributed by atoms with Gasteiger partial charge in [0.25, 0.3) is 5.56 Å². The SMILES string of the molecule is Cc1cc2c(c(=O)n1-c1cccc(Cl)c1)C1(O)C(=O)c3ccccc3C1(O)N2c1cccc(Cl)c1. The third kappa shape index (κ3) is 2.68. The van der Waals surface area contributed by atoms with Gasteiger partial charge in [-0.3, -0.25) is 14.2 Å². The molecule has 2 atom stereocenters. The number of hydrogen-bond donors (Lipinski definition) is 2. The van der Waals surface area contributed by atoms with Crippen LogP contribution in [0.5, 0.6) is 0 Å². The molecule has 174 valence electrons. The Labute approximate surface area is 210 Å². The van der Waals surface area contributed by atoms with Crippen LogP contribution in [0.15, 0.2) is 83.7 Å². The summed E-state index contributed by atoms with van der Waals surface area (Å²) in [7, 11) is 0. The number of fused-ring (bicyclic) bond motifs is 5. The molecule has 8 heteroatoms. The van der Waals surface area contributed by atoms with E-state index < -0.39 is 22.7 Å². The number of Topliss-reactive ketones (excluding diaryl/α,β-unsaturated/α-hetero) is 1. The van der Waals surface area contributed by atoms with Crippen LogP contribution in [0.25, 0.3) is 5.69 Å². The molecule has 2 aliphatic rings. The number of carbonyl (C=O) groups is 1. The number of carbonyl (C=O) groups excluding carboxylic acids is 1. The number of halogens is 2. The second kappa shape index (κ2) is 7.29. The molecule has 6 rings (SSSR count). The van der Waals surface area contributed by atoms with Gasteiger partial charge in [0.1, 0.15) is 0 Å². The van der Waals surface area contributed by atoms with Crippen LogP contribution in [0, 0.1) is 6.92 Å². The van der Waals surface area contributed by atoms with Gasteiger partial charge in [0.15, 0.2) is 0 Å². The first-order valence-electron chi connectivity index (χ1n) is 10.9. The van der Waals surface area contributed by atoms with Gasteiger partial charge in [-0.05, 0) is 49.4 Å². The third-order valence-electron chi connectivity index (χ3n) is 6.81. The quantitative estimate of drug-likeness (QED) is 0.408. The zero-order valence-electron chi connectivity index (χ0n) is 18.4. The van der Waals surface area contributed by atoms with E-state index in [0.717, 1.165) is 0 Å². The number of rotatable bonds is 2. The van der Waals surface area contributed by atoms with E-state index in [-0.39, 0.29) is 22.4 Å². The molecule has 2 N–H and O–H groups in total. The Kier molecular flexibility index (Phi) is 4.60. The zero-order chi connectivity index (χ0) is 24.7. The summed E-state index contributed by atoms with van der Waals surface area (Å²) in [6.45, 7) is 1.73. The van der Waals surface area contributed by atoms with E-state index in [4.69, 9.17) is 23.2 Å². The Morgan fingerprint density at radius 2 is 1.43 bits per heavy atom. The standard InChI is InChI=1S/C27H18Cl2N2O4/c1-15-12-22-23(25(33)30(15)18-8-4-6-16(28)13-18)26(34)24(32)20-10-2-3-11-21(20)27(26,35)31(22)19-9-5-7-17(29)14-19/h2-14,34-35H,1H3. The van der Waals surface area contributed by atoms with Gasteiger partial charge in [0, 0.05) is 32.6 Å². The van der Waals surface area contributed by atoms with Crippen LogP contribution in [0.3, 0.4) is 0 Å². The van der Waals surface area contributed by atoms with Crippen LogP contribution in [0.4, 0.5) is 11.4 Å². The molecule has 35 heavy (non-hydrogen) atoms. The van der Waals surface area contributed by atoms with Crippen molar-refractivity contribution in [2.75, 3.05) is 4.90 Å². The topological polar surface area (TPSA) is 82.8 Å². The average molecular weight is 505 g/mol. The second-order valence-corrected chi connectivity index (χ2v) is 9.61. The molecular weight excluding hydrogens is 487 g/mol. The molecule has 2 unspecified atom stereocenters. The summed E-state index contributed by atoms with van der Waals surface area (Å²) in [6.07, 6.45) is 0. The molecule has 0 radical (unpaired) electrons. The fourth-order valence-corrected chi connectivity index (χ4v) is 5.76. The molecule has 0 spiro atoms. The van der Waals surface area contributed by atoms with Crippen molar-refractivity contribution >= 4 is 40.4 Å². The molecule has 1 aromatic heterocycles. The van der Waals surface area contributed by atoms with E-state index in [1.165, 1.54) is 15.5 Å². The van der Waals surface area contributed by atoms with Crippen molar-refractivity contribution in [1.82, 2.24) is 4.57 Å². The number of pyridine rings is 1. The predicted octanol–water partition coefficient (Wildman–Crippen LogP) is 4.83. The van der Waals surface area contributed by atoms with Gasteiger partial charge in [-0.25, -0.2) is 0 Å². The summed E-state index contributed by atoms with van der Waals surface area (Å²) < 4.78 is 1.38. The van der Waals surface area contributed by atoms with E-state index in [0.29, 0.717) is 27.1 Å². The molecule has 2 heterocycles. The Bertz CT molecular complexity index is 1630. The number of ketones is 1.